The molecular formula is C30H53N5O5. The van der Waals surface area contributed by atoms with E-state index in [2.05, 4.69) is 29.0 Å². The number of aldehydes is 1. The molecule has 0 rings (SSSR count). The lowest BCUT2D eigenvalue weighted by Crippen LogP contribution is -2.67. The topological polar surface area (TPSA) is 151 Å². The summed E-state index contributed by atoms with van der Waals surface area (Å²) < 4.78 is 0. The molecule has 0 heterocycles. The molecule has 5 unspecified atom stereocenters. The lowest BCUT2D eigenvalue weighted by atomic mass is 9.89. The maximum atomic E-state index is 13.5. The van der Waals surface area contributed by atoms with Gasteiger partial charge in [-0.3, -0.25) is 29.3 Å². The third-order valence-corrected chi connectivity index (χ3v) is 7.12. The Labute approximate surface area is 241 Å². The third-order valence-electron chi connectivity index (χ3n) is 7.12. The van der Waals surface area contributed by atoms with Gasteiger partial charge in [0, 0.05) is 13.5 Å². The van der Waals surface area contributed by atoms with Crippen LogP contribution in [0.3, 0.4) is 0 Å². The van der Waals surface area contributed by atoms with Crippen LogP contribution in [0.1, 0.15) is 88.0 Å². The Morgan fingerprint density at radius 1 is 1.00 bits per heavy atom. The molecule has 40 heavy (non-hydrogen) atoms. The van der Waals surface area contributed by atoms with E-state index < -0.39 is 35.5 Å². The highest BCUT2D eigenvalue weighted by Crippen LogP contribution is 2.20. The fourth-order valence-electron chi connectivity index (χ4n) is 4.51. The molecular weight excluding hydrogens is 510 g/mol. The summed E-state index contributed by atoms with van der Waals surface area (Å²) in [7, 11) is 1.45. The molecule has 0 saturated heterocycles. The number of primary amides is 1. The molecule has 0 bridgehead atoms. The molecule has 5 atom stereocenters. The van der Waals surface area contributed by atoms with Crippen LogP contribution in [0.2, 0.25) is 0 Å². The first-order valence-corrected chi connectivity index (χ1v) is 14.3. The van der Waals surface area contributed by atoms with Gasteiger partial charge in [0.15, 0.2) is 6.29 Å². The summed E-state index contributed by atoms with van der Waals surface area (Å²) in [5.41, 5.74) is 3.97. The van der Waals surface area contributed by atoms with Crippen molar-refractivity contribution in [3.05, 3.63) is 23.9 Å². The van der Waals surface area contributed by atoms with Crippen molar-refractivity contribution >= 4 is 29.9 Å². The van der Waals surface area contributed by atoms with Gasteiger partial charge in [-0.15, -0.1) is 0 Å². The van der Waals surface area contributed by atoms with E-state index in [0.717, 1.165) is 6.42 Å². The van der Waals surface area contributed by atoms with Crippen LogP contribution in [0.5, 0.6) is 0 Å². The number of nitrogens with zero attached hydrogens (tertiary/aromatic N) is 1. The van der Waals surface area contributed by atoms with Crippen LogP contribution < -0.4 is 21.7 Å². The van der Waals surface area contributed by atoms with E-state index in [0.29, 0.717) is 18.6 Å². The zero-order chi connectivity index (χ0) is 31.2. The normalized spacial score (nSPS) is 16.6. The van der Waals surface area contributed by atoms with Crippen LogP contribution in [0.25, 0.3) is 0 Å². The van der Waals surface area contributed by atoms with E-state index in [1.807, 2.05) is 33.8 Å². The van der Waals surface area contributed by atoms with Crippen molar-refractivity contribution in [3.8, 4) is 0 Å². The molecule has 0 aromatic carbocycles. The molecule has 0 fully saturated rings. The molecule has 0 aliphatic rings. The molecule has 0 aliphatic carbocycles. The monoisotopic (exact) mass is 563 g/mol. The van der Waals surface area contributed by atoms with Crippen LogP contribution in [0, 0.1) is 23.7 Å². The number of likely N-dealkylation sites (N-methyl/N-ethyl adjacent to an activating group) is 1. The molecule has 0 aromatic rings. The van der Waals surface area contributed by atoms with E-state index in [9.17, 15) is 24.0 Å². The smallest absolute Gasteiger partial charge is 0.269 e. The predicted molar refractivity (Wildman–Crippen MR) is 158 cm³/mol. The number of amides is 4. The van der Waals surface area contributed by atoms with Gasteiger partial charge in [-0.1, -0.05) is 66.7 Å². The van der Waals surface area contributed by atoms with E-state index >= 15 is 0 Å². The highest BCUT2D eigenvalue weighted by atomic mass is 16.2. The van der Waals surface area contributed by atoms with Crippen LogP contribution in [-0.2, 0) is 24.0 Å². The van der Waals surface area contributed by atoms with Crippen LogP contribution in [-0.4, -0.2) is 59.6 Å². The molecule has 5 N–H and O–H groups in total. The Balaban J connectivity index is 5.80. The van der Waals surface area contributed by atoms with E-state index in [1.165, 1.54) is 18.0 Å². The number of nitrogens with one attached hydrogen (secondary N) is 3. The van der Waals surface area contributed by atoms with Crippen molar-refractivity contribution in [2.75, 3.05) is 7.05 Å². The quantitative estimate of drug-likeness (QED) is 0.0871. The number of rotatable bonds is 18. The predicted octanol–water partition coefficient (Wildman–Crippen LogP) is 3.03. The van der Waals surface area contributed by atoms with Gasteiger partial charge in [0.1, 0.15) is 17.4 Å². The summed E-state index contributed by atoms with van der Waals surface area (Å²) >= 11 is 0. The molecule has 10 nitrogen and oxygen atoms in total. The average molecular weight is 564 g/mol. The molecule has 0 aromatic heterocycles. The number of hydrogen-bond acceptors (Lipinski definition) is 6. The minimum absolute atomic E-state index is 0.00277. The number of allylic oxidation sites excluding steroid dienone is 3. The van der Waals surface area contributed by atoms with E-state index in [1.54, 1.807) is 27.7 Å². The Morgan fingerprint density at radius 2 is 1.60 bits per heavy atom. The van der Waals surface area contributed by atoms with Gasteiger partial charge < -0.3 is 21.3 Å². The van der Waals surface area contributed by atoms with Gasteiger partial charge in [0.2, 0.25) is 17.7 Å². The highest BCUT2D eigenvalue weighted by molar-refractivity contribution is 6.00. The van der Waals surface area contributed by atoms with Crippen molar-refractivity contribution in [2.24, 2.45) is 29.4 Å². The fourth-order valence-corrected chi connectivity index (χ4v) is 4.51. The molecule has 0 radical (unpaired) electrons. The number of carbonyl (C=O) groups is 5. The number of nitrogens with two attached hydrogens (primary N) is 1. The third kappa shape index (κ3) is 11.6. The second kappa shape index (κ2) is 17.6. The first-order valence-electron chi connectivity index (χ1n) is 14.3. The fraction of sp³-hybridized carbons (Fsp3) is 0.700. The van der Waals surface area contributed by atoms with Crippen LogP contribution in [0.15, 0.2) is 23.9 Å². The second-order valence-electron chi connectivity index (χ2n) is 11.5. The standard InChI is InChI=1S/C30H53N5O5/c1-11-14-15-21(8)22(9)16-25(37)32-23(12-2)29(40)35(10)24(13-3)28(39)34-30(18-36,17-19(4)5)33-26(20(6)7)27(31)38/h11,13-14,18-23,26,33H,12,15-17H2,1-10H3,(H2,31,38)(H,32,37)(H,34,39). The SMILES string of the molecule is CC=CCC(C)C(C)CC(=O)NC(CC)C(=O)N(C)C(=CC)C(=O)NC(C=O)(CC(C)C)NC(C(N)=O)C(C)C. The summed E-state index contributed by atoms with van der Waals surface area (Å²) in [6.45, 7) is 16.8. The first-order chi connectivity index (χ1) is 18.6. The molecule has 0 saturated carbocycles. The van der Waals surface area contributed by atoms with Gasteiger partial charge in [-0.25, -0.2) is 0 Å². The molecule has 4 amide bonds. The number of hydrogen-bond donors (Lipinski definition) is 4. The maximum absolute atomic E-state index is 13.5. The van der Waals surface area contributed by atoms with E-state index in [4.69, 9.17) is 5.73 Å². The number of carbonyl (C=O) groups excluding carboxylic acids is 5. The molecule has 228 valence electrons. The van der Waals surface area contributed by atoms with Crippen molar-refractivity contribution in [1.82, 2.24) is 20.9 Å². The molecule has 0 aliphatic heterocycles. The van der Waals surface area contributed by atoms with Crippen molar-refractivity contribution in [2.45, 2.75) is 106 Å². The maximum Gasteiger partial charge on any atom is 0.269 e. The minimum atomic E-state index is -1.59. The largest absolute Gasteiger partial charge is 0.368 e. The highest BCUT2D eigenvalue weighted by Gasteiger charge is 2.39. The zero-order valence-electron chi connectivity index (χ0n) is 26.2. The summed E-state index contributed by atoms with van der Waals surface area (Å²) in [4.78, 5) is 65.2. The summed E-state index contributed by atoms with van der Waals surface area (Å²) in [5, 5.41) is 8.49. The van der Waals surface area contributed by atoms with Crippen LogP contribution >= 0.6 is 0 Å². The summed E-state index contributed by atoms with van der Waals surface area (Å²) in [6, 6.07) is -1.71. The Hall–Kier alpha value is -3.01. The summed E-state index contributed by atoms with van der Waals surface area (Å²) in [5.74, 6) is -1.86. The van der Waals surface area contributed by atoms with Gasteiger partial charge in [0.05, 0.1) is 6.04 Å². The van der Waals surface area contributed by atoms with Crippen molar-refractivity contribution in [1.29, 1.82) is 0 Å². The lowest BCUT2D eigenvalue weighted by Gasteiger charge is -2.37. The summed E-state index contributed by atoms with van der Waals surface area (Å²) in [6.07, 6.45) is 7.75. The zero-order valence-corrected chi connectivity index (χ0v) is 26.2. The van der Waals surface area contributed by atoms with E-state index in [-0.39, 0.29) is 42.2 Å². The van der Waals surface area contributed by atoms with Gasteiger partial charge in [-0.05, 0) is 56.8 Å². The minimum Gasteiger partial charge on any atom is -0.368 e. The molecule has 0 spiro atoms. The average Bonchev–Trinajstić information content (AvgIpc) is 2.87. The van der Waals surface area contributed by atoms with Gasteiger partial charge >= 0.3 is 0 Å². The van der Waals surface area contributed by atoms with Gasteiger partial charge in [-0.2, -0.15) is 0 Å². The Kier molecular flexibility index (Phi) is 16.3. The second-order valence-corrected chi connectivity index (χ2v) is 11.5. The van der Waals surface area contributed by atoms with Crippen LogP contribution in [0.4, 0.5) is 0 Å². The molecule has 10 heteroatoms. The Bertz CT molecular complexity index is 929. The first kappa shape index (κ1) is 37.0. The Morgan fingerprint density at radius 3 is 2.02 bits per heavy atom. The van der Waals surface area contributed by atoms with Gasteiger partial charge in [0.25, 0.3) is 5.91 Å². The van der Waals surface area contributed by atoms with Crippen molar-refractivity contribution in [3.63, 3.8) is 0 Å². The van der Waals surface area contributed by atoms with Crippen molar-refractivity contribution < 1.29 is 24.0 Å². The lowest BCUT2D eigenvalue weighted by molar-refractivity contribution is -0.136.